The Kier molecular flexibility index (Phi) is 5.14. The van der Waals surface area contributed by atoms with Crippen LogP contribution in [0.1, 0.15) is 61.5 Å². The highest BCUT2D eigenvalue weighted by Gasteiger charge is 2.59. The molecule has 6 nitrogen and oxygen atoms in total. The fourth-order valence-electron chi connectivity index (χ4n) is 6.57. The molecule has 7 heteroatoms. The standard InChI is InChI=1S/C26H33N3O3S/c1-25(2)20-11-12-26(3,14-20)24(25)28-23(30)17-9-10-21(27-4)22(13-17)33(31,32)29-15-18-7-5-6-8-19(18)16-29/h5-10,13,20,24,27H,11-12,14-16H2,1-4H3,(H,28,30)/t20-,24?,26+/m1/s1. The van der Waals surface area contributed by atoms with E-state index in [4.69, 9.17) is 0 Å². The number of carbonyl (C=O) groups is 1. The molecule has 3 aliphatic rings. The van der Waals surface area contributed by atoms with Gasteiger partial charge in [0, 0.05) is 31.7 Å². The van der Waals surface area contributed by atoms with Gasteiger partial charge in [-0.15, -0.1) is 0 Å². The van der Waals surface area contributed by atoms with Crippen LogP contribution in [0.25, 0.3) is 0 Å². The summed E-state index contributed by atoms with van der Waals surface area (Å²) >= 11 is 0. The zero-order chi connectivity index (χ0) is 23.6. The van der Waals surface area contributed by atoms with Gasteiger partial charge in [-0.3, -0.25) is 4.79 Å². The summed E-state index contributed by atoms with van der Waals surface area (Å²) in [6, 6.07) is 12.8. The van der Waals surface area contributed by atoms with Crippen molar-refractivity contribution in [1.29, 1.82) is 0 Å². The van der Waals surface area contributed by atoms with E-state index in [2.05, 4.69) is 31.4 Å². The molecule has 1 unspecified atom stereocenters. The van der Waals surface area contributed by atoms with Crippen LogP contribution in [0.2, 0.25) is 0 Å². The summed E-state index contributed by atoms with van der Waals surface area (Å²) in [6.45, 7) is 7.45. The second-order valence-electron chi connectivity index (χ2n) is 10.8. The lowest BCUT2D eigenvalue weighted by Crippen LogP contribution is -2.52. The van der Waals surface area contributed by atoms with Gasteiger partial charge in [0.2, 0.25) is 10.0 Å². The van der Waals surface area contributed by atoms with Crippen molar-refractivity contribution in [3.05, 3.63) is 59.2 Å². The average molecular weight is 468 g/mol. The maximum atomic E-state index is 13.6. The lowest BCUT2D eigenvalue weighted by molar-refractivity contribution is 0.0737. The number of benzene rings is 2. The van der Waals surface area contributed by atoms with Crippen molar-refractivity contribution >= 4 is 21.6 Å². The number of anilines is 1. The second-order valence-corrected chi connectivity index (χ2v) is 12.7. The Morgan fingerprint density at radius 3 is 2.30 bits per heavy atom. The normalized spacial score (nSPS) is 28.0. The van der Waals surface area contributed by atoms with Crippen LogP contribution in [0.4, 0.5) is 5.69 Å². The molecule has 33 heavy (non-hydrogen) atoms. The molecule has 0 radical (unpaired) electrons. The lowest BCUT2D eigenvalue weighted by Gasteiger charge is -2.43. The Labute approximate surface area is 196 Å². The van der Waals surface area contributed by atoms with Crippen LogP contribution in [0.15, 0.2) is 47.4 Å². The third-order valence-electron chi connectivity index (χ3n) is 8.49. The van der Waals surface area contributed by atoms with E-state index in [0.717, 1.165) is 24.0 Å². The monoisotopic (exact) mass is 467 g/mol. The number of nitrogens with zero attached hydrogens (tertiary/aromatic N) is 1. The molecule has 0 saturated heterocycles. The molecule has 176 valence electrons. The SMILES string of the molecule is CNc1ccc(C(=O)NC2C(C)(C)[C@@H]3CC[C@@]2(C)C3)cc1S(=O)(=O)N1Cc2ccccc2C1. The van der Waals surface area contributed by atoms with Gasteiger partial charge < -0.3 is 10.6 Å². The molecule has 2 fully saturated rings. The molecule has 1 aliphatic heterocycles. The summed E-state index contributed by atoms with van der Waals surface area (Å²) < 4.78 is 28.7. The van der Waals surface area contributed by atoms with E-state index in [1.807, 2.05) is 24.3 Å². The Balaban J connectivity index is 1.44. The van der Waals surface area contributed by atoms with Crippen LogP contribution < -0.4 is 10.6 Å². The van der Waals surface area contributed by atoms with Crippen LogP contribution in [-0.2, 0) is 23.1 Å². The van der Waals surface area contributed by atoms with Crippen molar-refractivity contribution in [2.45, 2.75) is 64.1 Å². The van der Waals surface area contributed by atoms with Crippen molar-refractivity contribution in [2.24, 2.45) is 16.7 Å². The van der Waals surface area contributed by atoms with E-state index in [1.54, 1.807) is 19.2 Å². The molecule has 2 saturated carbocycles. The Morgan fingerprint density at radius 2 is 1.73 bits per heavy atom. The molecular weight excluding hydrogens is 434 g/mol. The third-order valence-corrected chi connectivity index (χ3v) is 10.3. The number of hydrogen-bond acceptors (Lipinski definition) is 4. The predicted octanol–water partition coefficient (Wildman–Crippen LogP) is 4.38. The summed E-state index contributed by atoms with van der Waals surface area (Å²) in [5, 5.41) is 6.28. The zero-order valence-corrected chi connectivity index (χ0v) is 20.6. The predicted molar refractivity (Wildman–Crippen MR) is 129 cm³/mol. The number of hydrogen-bond donors (Lipinski definition) is 2. The maximum Gasteiger partial charge on any atom is 0.251 e. The van der Waals surface area contributed by atoms with Gasteiger partial charge >= 0.3 is 0 Å². The summed E-state index contributed by atoms with van der Waals surface area (Å²) in [5.41, 5.74) is 3.05. The fraction of sp³-hybridized carbons (Fsp3) is 0.500. The number of rotatable bonds is 5. The van der Waals surface area contributed by atoms with Crippen molar-refractivity contribution in [3.8, 4) is 0 Å². The molecule has 2 aliphatic carbocycles. The number of amides is 1. The van der Waals surface area contributed by atoms with Gasteiger partial charge in [-0.2, -0.15) is 4.31 Å². The minimum atomic E-state index is -3.78. The van der Waals surface area contributed by atoms with Crippen molar-refractivity contribution in [2.75, 3.05) is 12.4 Å². The molecule has 0 spiro atoms. The van der Waals surface area contributed by atoms with Gasteiger partial charge in [0.15, 0.2) is 0 Å². The van der Waals surface area contributed by atoms with E-state index >= 15 is 0 Å². The Hall–Kier alpha value is -2.38. The quantitative estimate of drug-likeness (QED) is 0.684. The molecule has 3 atom stereocenters. The molecule has 2 bridgehead atoms. The molecule has 2 N–H and O–H groups in total. The number of fused-ring (bicyclic) bond motifs is 3. The molecule has 5 rings (SSSR count). The van der Waals surface area contributed by atoms with Gasteiger partial charge in [-0.1, -0.05) is 45.0 Å². The van der Waals surface area contributed by atoms with E-state index in [0.29, 0.717) is 30.3 Å². The molecule has 2 aromatic carbocycles. The van der Waals surface area contributed by atoms with E-state index in [9.17, 15) is 13.2 Å². The zero-order valence-electron chi connectivity index (χ0n) is 19.8. The first-order chi connectivity index (χ1) is 15.6. The fourth-order valence-corrected chi connectivity index (χ4v) is 8.19. The van der Waals surface area contributed by atoms with Gasteiger partial charge in [0.1, 0.15) is 4.90 Å². The van der Waals surface area contributed by atoms with Gasteiger partial charge in [-0.25, -0.2) is 8.42 Å². The highest BCUT2D eigenvalue weighted by molar-refractivity contribution is 7.89. The van der Waals surface area contributed by atoms with E-state index in [-0.39, 0.29) is 27.7 Å². The third kappa shape index (κ3) is 3.48. The average Bonchev–Trinajstić information content (AvgIpc) is 3.45. The van der Waals surface area contributed by atoms with Crippen LogP contribution in [0.5, 0.6) is 0 Å². The summed E-state index contributed by atoms with van der Waals surface area (Å²) in [7, 11) is -2.09. The molecule has 1 heterocycles. The lowest BCUT2D eigenvalue weighted by atomic mass is 9.68. The molecule has 0 aromatic heterocycles. The minimum Gasteiger partial charge on any atom is -0.387 e. The Morgan fingerprint density at radius 1 is 1.06 bits per heavy atom. The molecular formula is C26H33N3O3S. The van der Waals surface area contributed by atoms with Crippen molar-refractivity contribution < 1.29 is 13.2 Å². The highest BCUT2D eigenvalue weighted by Crippen LogP contribution is 2.62. The first-order valence-electron chi connectivity index (χ1n) is 11.8. The van der Waals surface area contributed by atoms with Gasteiger partial charge in [0.25, 0.3) is 5.91 Å². The summed E-state index contributed by atoms with van der Waals surface area (Å²) in [6.07, 6.45) is 3.48. The summed E-state index contributed by atoms with van der Waals surface area (Å²) in [5.74, 6) is 0.415. The van der Waals surface area contributed by atoms with Gasteiger partial charge in [0.05, 0.1) is 5.69 Å². The van der Waals surface area contributed by atoms with Crippen molar-refractivity contribution in [3.63, 3.8) is 0 Å². The Bertz CT molecular complexity index is 1190. The van der Waals surface area contributed by atoms with Gasteiger partial charge in [-0.05, 0) is 65.3 Å². The first kappa shape index (κ1) is 22.4. The van der Waals surface area contributed by atoms with E-state index in [1.165, 1.54) is 16.8 Å². The summed E-state index contributed by atoms with van der Waals surface area (Å²) in [4.78, 5) is 13.5. The number of nitrogens with one attached hydrogen (secondary N) is 2. The van der Waals surface area contributed by atoms with Crippen LogP contribution in [-0.4, -0.2) is 31.7 Å². The van der Waals surface area contributed by atoms with Crippen molar-refractivity contribution in [1.82, 2.24) is 9.62 Å². The number of carbonyl (C=O) groups excluding carboxylic acids is 1. The molecule has 1 amide bonds. The number of sulfonamides is 1. The highest BCUT2D eigenvalue weighted by atomic mass is 32.2. The van der Waals surface area contributed by atoms with Crippen LogP contribution in [0.3, 0.4) is 0 Å². The largest absolute Gasteiger partial charge is 0.387 e. The van der Waals surface area contributed by atoms with E-state index < -0.39 is 10.0 Å². The first-order valence-corrected chi connectivity index (χ1v) is 13.2. The van der Waals surface area contributed by atoms with Crippen LogP contribution in [0, 0.1) is 16.7 Å². The van der Waals surface area contributed by atoms with Crippen LogP contribution >= 0.6 is 0 Å². The minimum absolute atomic E-state index is 0.0316. The smallest absolute Gasteiger partial charge is 0.251 e. The maximum absolute atomic E-state index is 13.6. The second kappa shape index (κ2) is 7.57. The topological polar surface area (TPSA) is 78.5 Å². The molecule has 2 aromatic rings.